The average molecular weight is 354 g/mol. The predicted molar refractivity (Wildman–Crippen MR) is 91.9 cm³/mol. The first-order valence-corrected chi connectivity index (χ1v) is 9.37. The van der Waals surface area contributed by atoms with Crippen LogP contribution in [0.3, 0.4) is 0 Å². The molecule has 0 fully saturated rings. The van der Waals surface area contributed by atoms with E-state index in [2.05, 4.69) is 5.10 Å². The summed E-state index contributed by atoms with van der Waals surface area (Å²) in [6, 6.07) is 6.97. The van der Waals surface area contributed by atoms with Crippen molar-refractivity contribution >= 4 is 30.0 Å². The summed E-state index contributed by atoms with van der Waals surface area (Å²) in [6.45, 7) is 9.14. The number of hydrogen-bond donors (Lipinski definition) is 0. The second kappa shape index (κ2) is 7.05. The fourth-order valence-corrected chi connectivity index (χ4v) is 3.88. The molecule has 0 aliphatic rings. The molecule has 8 heteroatoms. The number of hydrogen-bond acceptors (Lipinski definition) is 6. The number of carbonyl (C=O) groups is 1. The SMILES string of the molecule is CCOP(=O)(OCC)c1nn(C(=O)OC(C)(C)C)c2ccccc12. The third-order valence-electron chi connectivity index (χ3n) is 2.99. The lowest BCUT2D eigenvalue weighted by molar-refractivity contribution is 0.0523. The van der Waals surface area contributed by atoms with Gasteiger partial charge >= 0.3 is 13.7 Å². The molecule has 0 aliphatic carbocycles. The molecular weight excluding hydrogens is 331 g/mol. The highest BCUT2D eigenvalue weighted by molar-refractivity contribution is 7.62. The van der Waals surface area contributed by atoms with Gasteiger partial charge in [0.25, 0.3) is 0 Å². The maximum atomic E-state index is 13.1. The minimum atomic E-state index is -3.63. The molecule has 0 atom stereocenters. The predicted octanol–water partition coefficient (Wildman–Crippen LogP) is 3.71. The number of carbonyl (C=O) groups excluding carboxylic acids is 1. The lowest BCUT2D eigenvalue weighted by atomic mass is 10.2. The molecule has 1 aromatic heterocycles. The number of para-hydroxylation sites is 1. The molecule has 24 heavy (non-hydrogen) atoms. The second-order valence-corrected chi connectivity index (χ2v) is 8.00. The number of rotatable bonds is 5. The number of aromatic nitrogens is 2. The van der Waals surface area contributed by atoms with E-state index in [-0.39, 0.29) is 18.6 Å². The number of nitrogens with zero attached hydrogens (tertiary/aromatic N) is 2. The molecule has 0 amide bonds. The van der Waals surface area contributed by atoms with Crippen molar-refractivity contribution in [1.82, 2.24) is 9.78 Å². The number of fused-ring (bicyclic) bond motifs is 1. The Bertz CT molecular complexity index is 768. The fraction of sp³-hybridized carbons (Fsp3) is 0.500. The Balaban J connectivity index is 2.61. The van der Waals surface area contributed by atoms with E-state index in [0.29, 0.717) is 10.9 Å². The van der Waals surface area contributed by atoms with Crippen LogP contribution >= 0.6 is 7.60 Å². The van der Waals surface area contributed by atoms with E-state index in [1.165, 1.54) is 0 Å². The van der Waals surface area contributed by atoms with Gasteiger partial charge in [-0.25, -0.2) is 4.79 Å². The summed E-state index contributed by atoms with van der Waals surface area (Å²) in [7, 11) is -3.63. The monoisotopic (exact) mass is 354 g/mol. The van der Waals surface area contributed by atoms with Gasteiger partial charge in [-0.2, -0.15) is 9.78 Å². The summed E-state index contributed by atoms with van der Waals surface area (Å²) >= 11 is 0. The zero-order chi connectivity index (χ0) is 18.0. The first kappa shape index (κ1) is 18.6. The summed E-state index contributed by atoms with van der Waals surface area (Å²) in [5, 5.41) is 4.75. The zero-order valence-electron chi connectivity index (χ0n) is 14.6. The molecule has 0 saturated carbocycles. The van der Waals surface area contributed by atoms with Gasteiger partial charge < -0.3 is 13.8 Å². The van der Waals surface area contributed by atoms with Gasteiger partial charge in [0.1, 0.15) is 5.60 Å². The van der Waals surface area contributed by atoms with Crippen LogP contribution in [0.1, 0.15) is 34.6 Å². The summed E-state index contributed by atoms with van der Waals surface area (Å²) < 4.78 is 30.3. The van der Waals surface area contributed by atoms with E-state index in [1.807, 2.05) is 0 Å². The van der Waals surface area contributed by atoms with Crippen LogP contribution in [0.5, 0.6) is 0 Å². The zero-order valence-corrected chi connectivity index (χ0v) is 15.5. The maximum Gasteiger partial charge on any atom is 0.435 e. The van der Waals surface area contributed by atoms with Gasteiger partial charge in [0.2, 0.25) is 0 Å². The Labute approximate surface area is 141 Å². The van der Waals surface area contributed by atoms with Gasteiger partial charge in [-0.05, 0) is 40.7 Å². The van der Waals surface area contributed by atoms with Crippen LogP contribution in [-0.2, 0) is 18.3 Å². The van der Waals surface area contributed by atoms with Crippen LogP contribution in [0.25, 0.3) is 10.9 Å². The van der Waals surface area contributed by atoms with E-state index in [0.717, 1.165) is 4.68 Å². The summed E-state index contributed by atoms with van der Waals surface area (Å²) in [6.07, 6.45) is -0.649. The smallest absolute Gasteiger partial charge is 0.435 e. The topological polar surface area (TPSA) is 79.7 Å². The van der Waals surface area contributed by atoms with Gasteiger partial charge in [-0.3, -0.25) is 4.57 Å². The molecule has 132 valence electrons. The van der Waals surface area contributed by atoms with Gasteiger partial charge in [-0.15, -0.1) is 0 Å². The van der Waals surface area contributed by atoms with Crippen molar-refractivity contribution in [2.75, 3.05) is 13.2 Å². The molecule has 0 unspecified atom stereocenters. The van der Waals surface area contributed by atoms with Crippen LogP contribution in [0, 0.1) is 0 Å². The van der Waals surface area contributed by atoms with Gasteiger partial charge in [0, 0.05) is 5.39 Å². The molecular formula is C16H23N2O5P. The Morgan fingerprint density at radius 3 is 2.29 bits per heavy atom. The fourth-order valence-electron chi connectivity index (χ4n) is 2.20. The first-order valence-electron chi connectivity index (χ1n) is 7.82. The van der Waals surface area contributed by atoms with Crippen molar-refractivity contribution in [3.05, 3.63) is 24.3 Å². The Morgan fingerprint density at radius 2 is 1.75 bits per heavy atom. The highest BCUT2D eigenvalue weighted by Crippen LogP contribution is 2.48. The summed E-state index contributed by atoms with van der Waals surface area (Å²) in [5.41, 5.74) is -0.0672. The van der Waals surface area contributed by atoms with Crippen LogP contribution in [-0.4, -0.2) is 34.7 Å². The molecule has 0 radical (unpaired) electrons. The van der Waals surface area contributed by atoms with Crippen molar-refractivity contribution in [2.45, 2.75) is 40.2 Å². The molecule has 2 aromatic rings. The average Bonchev–Trinajstić information content (AvgIpc) is 2.86. The third kappa shape index (κ3) is 3.86. The molecule has 1 heterocycles. The number of benzene rings is 1. The molecule has 2 rings (SSSR count). The van der Waals surface area contributed by atoms with Crippen molar-refractivity contribution in [1.29, 1.82) is 0 Å². The van der Waals surface area contributed by atoms with Crippen molar-refractivity contribution in [3.63, 3.8) is 0 Å². The second-order valence-electron chi connectivity index (χ2n) is 6.07. The van der Waals surface area contributed by atoms with Crippen LogP contribution in [0.15, 0.2) is 24.3 Å². The Hall–Kier alpha value is -1.69. The molecule has 0 N–H and O–H groups in total. The van der Waals surface area contributed by atoms with E-state index in [9.17, 15) is 9.36 Å². The summed E-state index contributed by atoms with van der Waals surface area (Å²) in [4.78, 5) is 12.4. The Morgan fingerprint density at radius 1 is 1.17 bits per heavy atom. The largest absolute Gasteiger partial charge is 0.442 e. The highest BCUT2D eigenvalue weighted by Gasteiger charge is 2.34. The minimum absolute atomic E-state index is 0.118. The van der Waals surface area contributed by atoms with Gasteiger partial charge in [-0.1, -0.05) is 18.2 Å². The van der Waals surface area contributed by atoms with Crippen molar-refractivity contribution in [3.8, 4) is 0 Å². The van der Waals surface area contributed by atoms with E-state index >= 15 is 0 Å². The van der Waals surface area contributed by atoms with E-state index in [4.69, 9.17) is 13.8 Å². The molecule has 7 nitrogen and oxygen atoms in total. The van der Waals surface area contributed by atoms with E-state index < -0.39 is 19.3 Å². The third-order valence-corrected chi connectivity index (χ3v) is 5.04. The molecule has 0 aliphatic heterocycles. The normalized spacial score (nSPS) is 12.5. The minimum Gasteiger partial charge on any atom is -0.442 e. The summed E-state index contributed by atoms with van der Waals surface area (Å²) in [5.74, 6) is 0. The number of ether oxygens (including phenoxy) is 1. The van der Waals surface area contributed by atoms with Crippen LogP contribution in [0.4, 0.5) is 4.79 Å². The van der Waals surface area contributed by atoms with Crippen LogP contribution in [0.2, 0.25) is 0 Å². The molecule has 1 aromatic carbocycles. The quantitative estimate of drug-likeness (QED) is 0.762. The lowest BCUT2D eigenvalue weighted by Crippen LogP contribution is -2.28. The molecule has 0 bridgehead atoms. The molecule has 0 saturated heterocycles. The molecule has 0 spiro atoms. The van der Waals surface area contributed by atoms with Crippen LogP contribution < -0.4 is 5.44 Å². The first-order chi connectivity index (χ1) is 11.2. The lowest BCUT2D eigenvalue weighted by Gasteiger charge is -2.19. The van der Waals surface area contributed by atoms with Gasteiger partial charge in [0.15, 0.2) is 5.44 Å². The van der Waals surface area contributed by atoms with Gasteiger partial charge in [0.05, 0.1) is 18.7 Å². The Kier molecular flexibility index (Phi) is 5.48. The maximum absolute atomic E-state index is 13.1. The standard InChI is InChI=1S/C16H23N2O5P/c1-6-21-24(20,22-7-2)14-12-10-8-9-11-13(12)18(17-14)15(19)23-16(3,4)5/h8-11H,6-7H2,1-5H3. The van der Waals surface area contributed by atoms with Crippen molar-refractivity contribution in [2.24, 2.45) is 0 Å². The highest BCUT2D eigenvalue weighted by atomic mass is 31.2. The van der Waals surface area contributed by atoms with E-state index in [1.54, 1.807) is 58.9 Å². The van der Waals surface area contributed by atoms with Crippen molar-refractivity contribution < 1.29 is 23.1 Å².